The summed E-state index contributed by atoms with van der Waals surface area (Å²) in [6.45, 7) is 0.665. The van der Waals surface area contributed by atoms with Gasteiger partial charge in [0.1, 0.15) is 4.88 Å². The van der Waals surface area contributed by atoms with Crippen LogP contribution in [0.1, 0.15) is 9.67 Å². The first-order valence-electron chi connectivity index (χ1n) is 4.79. The average molecular weight is 243 g/mol. The SMILES string of the molecule is NC(=O)c1sc(N2CC(O)C(O)C2)cc1N. The van der Waals surface area contributed by atoms with E-state index in [4.69, 9.17) is 11.5 Å². The summed E-state index contributed by atoms with van der Waals surface area (Å²) in [4.78, 5) is 13.1. The molecule has 2 atom stereocenters. The van der Waals surface area contributed by atoms with E-state index in [0.29, 0.717) is 23.7 Å². The zero-order chi connectivity index (χ0) is 11.9. The van der Waals surface area contributed by atoms with Crippen molar-refractivity contribution in [1.29, 1.82) is 0 Å². The molecule has 1 amide bonds. The molecular weight excluding hydrogens is 230 g/mol. The van der Waals surface area contributed by atoms with Crippen LogP contribution >= 0.6 is 11.3 Å². The predicted octanol–water partition coefficient (Wildman–Crippen LogP) is -1.03. The smallest absolute Gasteiger partial charge is 0.260 e. The number of amides is 1. The molecule has 16 heavy (non-hydrogen) atoms. The number of primary amides is 1. The number of rotatable bonds is 2. The van der Waals surface area contributed by atoms with Gasteiger partial charge >= 0.3 is 0 Å². The summed E-state index contributed by atoms with van der Waals surface area (Å²) in [5.74, 6) is -0.561. The third-order valence-electron chi connectivity index (χ3n) is 2.54. The highest BCUT2D eigenvalue weighted by atomic mass is 32.1. The molecule has 0 saturated carbocycles. The summed E-state index contributed by atoms with van der Waals surface area (Å²) in [5, 5.41) is 19.5. The normalized spacial score (nSPS) is 25.0. The highest BCUT2D eigenvalue weighted by Gasteiger charge is 2.31. The van der Waals surface area contributed by atoms with Gasteiger partial charge in [-0.15, -0.1) is 11.3 Å². The molecule has 6 N–H and O–H groups in total. The highest BCUT2D eigenvalue weighted by molar-refractivity contribution is 7.18. The molecule has 7 heteroatoms. The quantitative estimate of drug-likeness (QED) is 0.530. The van der Waals surface area contributed by atoms with Gasteiger partial charge in [-0.3, -0.25) is 4.79 Å². The van der Waals surface area contributed by atoms with Crippen molar-refractivity contribution in [3.63, 3.8) is 0 Å². The third-order valence-corrected chi connectivity index (χ3v) is 3.77. The van der Waals surface area contributed by atoms with Gasteiger partial charge in [-0.05, 0) is 6.07 Å². The van der Waals surface area contributed by atoms with Crippen molar-refractivity contribution in [1.82, 2.24) is 0 Å². The average Bonchev–Trinajstić information content (AvgIpc) is 2.71. The Balaban J connectivity index is 2.22. The number of anilines is 2. The Hall–Kier alpha value is -1.31. The van der Waals surface area contributed by atoms with Gasteiger partial charge in [0.25, 0.3) is 5.91 Å². The second kappa shape index (κ2) is 3.93. The lowest BCUT2D eigenvalue weighted by Crippen LogP contribution is -2.22. The molecular formula is C9H13N3O3S. The number of aliphatic hydroxyl groups excluding tert-OH is 2. The second-order valence-corrected chi connectivity index (χ2v) is 4.80. The molecule has 2 heterocycles. The van der Waals surface area contributed by atoms with Gasteiger partial charge in [0.05, 0.1) is 22.9 Å². The van der Waals surface area contributed by atoms with Crippen LogP contribution in [0.5, 0.6) is 0 Å². The van der Waals surface area contributed by atoms with Gasteiger partial charge in [0.2, 0.25) is 0 Å². The van der Waals surface area contributed by atoms with Gasteiger partial charge in [-0.25, -0.2) is 0 Å². The van der Waals surface area contributed by atoms with E-state index < -0.39 is 18.1 Å². The van der Waals surface area contributed by atoms with Crippen LogP contribution in [-0.2, 0) is 0 Å². The van der Waals surface area contributed by atoms with E-state index in [1.165, 1.54) is 11.3 Å². The van der Waals surface area contributed by atoms with Crippen molar-refractivity contribution in [2.24, 2.45) is 5.73 Å². The summed E-state index contributed by atoms with van der Waals surface area (Å²) in [5.41, 5.74) is 11.1. The Bertz CT molecular complexity index is 410. The molecule has 0 aromatic carbocycles. The first-order valence-corrected chi connectivity index (χ1v) is 5.61. The van der Waals surface area contributed by atoms with E-state index in [9.17, 15) is 15.0 Å². The van der Waals surface area contributed by atoms with Gasteiger partial charge in [0.15, 0.2) is 0 Å². The number of nitrogens with two attached hydrogens (primary N) is 2. The van der Waals surface area contributed by atoms with E-state index >= 15 is 0 Å². The van der Waals surface area contributed by atoms with Crippen LogP contribution < -0.4 is 16.4 Å². The Kier molecular flexibility index (Phi) is 2.75. The largest absolute Gasteiger partial charge is 0.397 e. The fourth-order valence-corrected chi connectivity index (χ4v) is 2.64. The lowest BCUT2D eigenvalue weighted by atomic mass is 10.3. The topological polar surface area (TPSA) is 113 Å². The molecule has 0 spiro atoms. The minimum atomic E-state index is -0.764. The van der Waals surface area contributed by atoms with Crippen LogP contribution in [-0.4, -0.2) is 41.4 Å². The van der Waals surface area contributed by atoms with Gasteiger partial charge in [-0.1, -0.05) is 0 Å². The number of aliphatic hydroxyl groups is 2. The number of carbonyl (C=O) groups excluding carboxylic acids is 1. The highest BCUT2D eigenvalue weighted by Crippen LogP contribution is 2.33. The molecule has 1 saturated heterocycles. The summed E-state index contributed by atoms with van der Waals surface area (Å²) in [6, 6.07) is 1.63. The number of β-amino-alcohol motifs (C(OH)–C–C–N with tert-alkyl or cyclic N) is 2. The molecule has 6 nitrogen and oxygen atoms in total. The van der Waals surface area contributed by atoms with Gasteiger partial charge < -0.3 is 26.6 Å². The third kappa shape index (κ3) is 1.84. The first kappa shape index (κ1) is 11.2. The maximum Gasteiger partial charge on any atom is 0.260 e. The van der Waals surface area contributed by atoms with Crippen LogP contribution in [0.3, 0.4) is 0 Å². The Morgan fingerprint density at radius 1 is 1.44 bits per heavy atom. The zero-order valence-electron chi connectivity index (χ0n) is 8.46. The van der Waals surface area contributed by atoms with Gasteiger partial charge in [-0.2, -0.15) is 0 Å². The summed E-state index contributed by atoms with van der Waals surface area (Å²) in [7, 11) is 0. The molecule has 2 unspecified atom stereocenters. The minimum Gasteiger partial charge on any atom is -0.397 e. The van der Waals surface area contributed by atoms with Crippen molar-refractivity contribution >= 4 is 27.9 Å². The van der Waals surface area contributed by atoms with Crippen molar-refractivity contribution in [2.75, 3.05) is 23.7 Å². The second-order valence-electron chi connectivity index (χ2n) is 3.77. The van der Waals surface area contributed by atoms with Crippen LogP contribution in [0.15, 0.2) is 6.07 Å². The Labute approximate surface area is 96.1 Å². The molecule has 0 radical (unpaired) electrons. The molecule has 1 aliphatic rings. The van der Waals surface area contributed by atoms with E-state index in [1.54, 1.807) is 11.0 Å². The predicted molar refractivity (Wildman–Crippen MR) is 61.5 cm³/mol. The van der Waals surface area contributed by atoms with E-state index in [1.807, 2.05) is 0 Å². The van der Waals surface area contributed by atoms with Crippen molar-refractivity contribution in [3.8, 4) is 0 Å². The number of hydrogen-bond donors (Lipinski definition) is 4. The fraction of sp³-hybridized carbons (Fsp3) is 0.444. The number of hydrogen-bond acceptors (Lipinski definition) is 6. The summed E-state index contributed by atoms with van der Waals surface area (Å²) >= 11 is 1.17. The molecule has 1 aromatic heterocycles. The maximum atomic E-state index is 11.0. The van der Waals surface area contributed by atoms with Gasteiger partial charge in [0, 0.05) is 13.1 Å². The number of nitrogen functional groups attached to an aromatic ring is 1. The molecule has 1 aliphatic heterocycles. The molecule has 0 bridgehead atoms. The minimum absolute atomic E-state index is 0.311. The molecule has 2 rings (SSSR count). The van der Waals surface area contributed by atoms with Crippen LogP contribution in [0.4, 0.5) is 10.7 Å². The molecule has 88 valence electrons. The van der Waals surface area contributed by atoms with Crippen molar-refractivity contribution in [3.05, 3.63) is 10.9 Å². The Morgan fingerprint density at radius 2 is 2.00 bits per heavy atom. The van der Waals surface area contributed by atoms with Crippen LogP contribution in [0, 0.1) is 0 Å². The van der Waals surface area contributed by atoms with Crippen molar-refractivity contribution in [2.45, 2.75) is 12.2 Å². The van der Waals surface area contributed by atoms with Crippen LogP contribution in [0.2, 0.25) is 0 Å². The zero-order valence-corrected chi connectivity index (χ0v) is 9.28. The lowest BCUT2D eigenvalue weighted by molar-refractivity contribution is 0.0572. The number of thiophene rings is 1. The summed E-state index contributed by atoms with van der Waals surface area (Å²) < 4.78 is 0. The Morgan fingerprint density at radius 3 is 2.44 bits per heavy atom. The summed E-state index contributed by atoms with van der Waals surface area (Å²) in [6.07, 6.45) is -1.53. The number of nitrogens with zero attached hydrogens (tertiary/aromatic N) is 1. The van der Waals surface area contributed by atoms with E-state index in [-0.39, 0.29) is 0 Å². The monoisotopic (exact) mass is 243 g/mol. The number of carbonyl (C=O) groups is 1. The fourth-order valence-electron chi connectivity index (χ4n) is 1.69. The molecule has 1 aromatic rings. The van der Waals surface area contributed by atoms with Crippen LogP contribution in [0.25, 0.3) is 0 Å². The standard InChI is InChI=1S/C9H13N3O3S/c10-4-1-7(16-8(4)9(11)15)12-2-5(13)6(14)3-12/h1,5-6,13-14H,2-3,10H2,(H2,11,15). The van der Waals surface area contributed by atoms with E-state index in [2.05, 4.69) is 0 Å². The van der Waals surface area contributed by atoms with Crippen molar-refractivity contribution < 1.29 is 15.0 Å². The van der Waals surface area contributed by atoms with E-state index in [0.717, 1.165) is 5.00 Å². The first-order chi connectivity index (χ1) is 7.49. The maximum absolute atomic E-state index is 11.0. The molecule has 0 aliphatic carbocycles. The lowest BCUT2D eigenvalue weighted by Gasteiger charge is -2.13. The molecule has 1 fully saturated rings.